The van der Waals surface area contributed by atoms with Crippen molar-refractivity contribution in [3.8, 4) is 5.75 Å². The Morgan fingerprint density at radius 1 is 1.13 bits per heavy atom. The molecule has 0 spiro atoms. The van der Waals surface area contributed by atoms with Crippen LogP contribution in [0.25, 0.3) is 17.0 Å². The van der Waals surface area contributed by atoms with Gasteiger partial charge in [-0.05, 0) is 59.2 Å². The second-order valence-electron chi connectivity index (χ2n) is 9.07. The van der Waals surface area contributed by atoms with E-state index in [4.69, 9.17) is 11.6 Å². The van der Waals surface area contributed by atoms with Crippen molar-refractivity contribution in [2.75, 3.05) is 13.1 Å². The van der Waals surface area contributed by atoms with Gasteiger partial charge in [0.25, 0.3) is 0 Å². The Hall–Kier alpha value is -3.89. The molecule has 0 radical (unpaired) electrons. The second kappa shape index (κ2) is 11.1. The lowest BCUT2D eigenvalue weighted by Gasteiger charge is -2.27. The molecule has 202 valence electrons. The van der Waals surface area contributed by atoms with Gasteiger partial charge in [0.1, 0.15) is 16.7 Å². The smallest absolute Gasteiger partial charge is 0.406 e. The minimum atomic E-state index is -4.84. The molecule has 0 atom stereocenters. The van der Waals surface area contributed by atoms with E-state index < -0.39 is 12.4 Å². The average Bonchev–Trinajstić information content (AvgIpc) is 3.21. The highest BCUT2D eigenvalue weighted by Crippen LogP contribution is 2.35. The monoisotopic (exact) mass is 558 g/mol. The third-order valence-electron chi connectivity index (χ3n) is 6.41. The summed E-state index contributed by atoms with van der Waals surface area (Å²) in [4.78, 5) is 19.4. The fraction of sp³-hybridized carbons (Fsp3) is 0.214. The lowest BCUT2D eigenvalue weighted by Crippen LogP contribution is -2.34. The van der Waals surface area contributed by atoms with Gasteiger partial charge in [-0.1, -0.05) is 35.9 Å². The first-order valence-electron chi connectivity index (χ1n) is 12.1. The van der Waals surface area contributed by atoms with Crippen molar-refractivity contribution in [3.05, 3.63) is 100 Å². The number of halogens is 5. The largest absolute Gasteiger partial charge is 0.573 e. The minimum Gasteiger partial charge on any atom is -0.406 e. The molecule has 0 unspecified atom stereocenters. The topological polar surface area (TPSA) is 59.4 Å². The number of amides is 1. The zero-order valence-electron chi connectivity index (χ0n) is 20.5. The number of alkyl halides is 3. The predicted octanol–water partition coefficient (Wildman–Crippen LogP) is 6.56. The summed E-state index contributed by atoms with van der Waals surface area (Å²) in [5.74, 6) is -0.662. The maximum atomic E-state index is 13.3. The van der Waals surface area contributed by atoms with E-state index >= 15 is 0 Å². The van der Waals surface area contributed by atoms with Crippen molar-refractivity contribution >= 4 is 34.6 Å². The summed E-state index contributed by atoms with van der Waals surface area (Å²) in [6, 6.07) is 13.1. The molecule has 2 aromatic carbocycles. The number of aromatic nitrogens is 2. The molecule has 5 rings (SSSR count). The van der Waals surface area contributed by atoms with Crippen molar-refractivity contribution < 1.29 is 27.1 Å². The van der Waals surface area contributed by atoms with Crippen LogP contribution in [0.5, 0.6) is 5.75 Å². The molecular weight excluding hydrogens is 536 g/mol. The first kappa shape index (κ1) is 26.7. The quantitative estimate of drug-likeness (QED) is 0.215. The van der Waals surface area contributed by atoms with Crippen LogP contribution < -0.4 is 10.1 Å². The number of hydrogen-bond acceptors (Lipinski definition) is 4. The van der Waals surface area contributed by atoms with Crippen molar-refractivity contribution in [1.82, 2.24) is 19.8 Å². The SMILES string of the molecule is O=C(NCc1ccnc(Cl)c1)n1c2c(c3cc(OC(F)(F)F)ccc31)CN(C/C=C/c1ccc(F)cc1)CC2. The lowest BCUT2D eigenvalue weighted by atomic mass is 10.0. The number of pyridine rings is 1. The van der Waals surface area contributed by atoms with Crippen LogP contribution in [-0.2, 0) is 19.5 Å². The van der Waals surface area contributed by atoms with Crippen LogP contribution in [-0.4, -0.2) is 39.9 Å². The van der Waals surface area contributed by atoms with Crippen LogP contribution >= 0.6 is 11.6 Å². The predicted molar refractivity (Wildman–Crippen MR) is 140 cm³/mol. The van der Waals surface area contributed by atoms with E-state index in [0.29, 0.717) is 42.1 Å². The first-order valence-corrected chi connectivity index (χ1v) is 12.5. The van der Waals surface area contributed by atoms with E-state index in [0.717, 1.165) is 22.4 Å². The molecule has 39 heavy (non-hydrogen) atoms. The van der Waals surface area contributed by atoms with Crippen LogP contribution in [0.3, 0.4) is 0 Å². The van der Waals surface area contributed by atoms with Gasteiger partial charge < -0.3 is 10.1 Å². The van der Waals surface area contributed by atoms with E-state index in [-0.39, 0.29) is 18.1 Å². The highest BCUT2D eigenvalue weighted by atomic mass is 35.5. The van der Waals surface area contributed by atoms with E-state index in [1.54, 1.807) is 24.3 Å². The molecule has 0 aliphatic carbocycles. The Morgan fingerprint density at radius 3 is 2.67 bits per heavy atom. The van der Waals surface area contributed by atoms with E-state index in [1.807, 2.05) is 12.2 Å². The van der Waals surface area contributed by atoms with Crippen LogP contribution in [0.2, 0.25) is 5.15 Å². The molecule has 2 aromatic heterocycles. The van der Waals surface area contributed by atoms with Crippen molar-refractivity contribution in [2.24, 2.45) is 0 Å². The standard InChI is InChI=1S/C28H23ClF4N4O2/c29-26-14-19(9-11-34-26)16-35-27(38)37-24-8-7-21(39-28(31,32)33)15-22(24)23-17-36(13-10-25(23)37)12-1-2-18-3-5-20(30)6-4-18/h1-9,11,14-15H,10,12-13,16-17H2,(H,35,38)/b2-1+. The maximum absolute atomic E-state index is 13.3. The summed E-state index contributed by atoms with van der Waals surface area (Å²) in [5, 5.41) is 3.68. The molecule has 0 saturated carbocycles. The molecule has 4 aromatic rings. The third kappa shape index (κ3) is 6.40. The van der Waals surface area contributed by atoms with Gasteiger partial charge in [-0.3, -0.25) is 9.47 Å². The van der Waals surface area contributed by atoms with Crippen molar-refractivity contribution in [3.63, 3.8) is 0 Å². The summed E-state index contributed by atoms with van der Waals surface area (Å²) in [7, 11) is 0. The number of ether oxygens (including phenoxy) is 1. The van der Waals surface area contributed by atoms with E-state index in [9.17, 15) is 22.4 Å². The van der Waals surface area contributed by atoms with Crippen molar-refractivity contribution in [2.45, 2.75) is 25.9 Å². The number of rotatable bonds is 6. The number of fused-ring (bicyclic) bond motifs is 3. The Labute approximate surface area is 226 Å². The Morgan fingerprint density at radius 2 is 1.92 bits per heavy atom. The van der Waals surface area contributed by atoms with Gasteiger partial charge in [-0.15, -0.1) is 13.2 Å². The van der Waals surface area contributed by atoms with Gasteiger partial charge in [0.05, 0.1) is 5.52 Å². The zero-order chi connectivity index (χ0) is 27.6. The van der Waals surface area contributed by atoms with Crippen LogP contribution in [0.4, 0.5) is 22.4 Å². The first-order chi connectivity index (χ1) is 18.7. The second-order valence-corrected chi connectivity index (χ2v) is 9.46. The third-order valence-corrected chi connectivity index (χ3v) is 6.62. The number of carbonyl (C=O) groups excluding carboxylic acids is 1. The average molecular weight is 559 g/mol. The Kier molecular flexibility index (Phi) is 7.58. The summed E-state index contributed by atoms with van der Waals surface area (Å²) in [6.45, 7) is 1.83. The molecule has 1 N–H and O–H groups in total. The van der Waals surface area contributed by atoms with E-state index in [2.05, 4.69) is 19.9 Å². The number of nitrogens with zero attached hydrogens (tertiary/aromatic N) is 3. The van der Waals surface area contributed by atoms with Gasteiger partial charge in [0.15, 0.2) is 0 Å². The Bertz CT molecular complexity index is 1530. The number of benzene rings is 2. The van der Waals surface area contributed by atoms with E-state index in [1.165, 1.54) is 41.1 Å². The molecular formula is C28H23ClF4N4O2. The molecule has 0 fully saturated rings. The molecule has 11 heteroatoms. The molecule has 6 nitrogen and oxygen atoms in total. The van der Waals surface area contributed by atoms with Crippen LogP contribution in [0.1, 0.15) is 22.4 Å². The van der Waals surface area contributed by atoms with Crippen molar-refractivity contribution in [1.29, 1.82) is 0 Å². The molecule has 3 heterocycles. The van der Waals surface area contributed by atoms with Crippen LogP contribution in [0.15, 0.2) is 66.9 Å². The summed E-state index contributed by atoms with van der Waals surface area (Å²) in [5.41, 5.74) is 3.60. The van der Waals surface area contributed by atoms with Gasteiger partial charge in [0.2, 0.25) is 0 Å². The summed E-state index contributed by atoms with van der Waals surface area (Å²) < 4.78 is 57.6. The van der Waals surface area contributed by atoms with Gasteiger partial charge in [-0.25, -0.2) is 14.2 Å². The fourth-order valence-electron chi connectivity index (χ4n) is 4.70. The maximum Gasteiger partial charge on any atom is 0.573 e. The Balaban J connectivity index is 1.42. The van der Waals surface area contributed by atoms with Gasteiger partial charge in [-0.2, -0.15) is 0 Å². The normalized spacial score (nSPS) is 14.1. The summed E-state index contributed by atoms with van der Waals surface area (Å²) in [6.07, 6.45) is 1.04. The fourth-order valence-corrected chi connectivity index (χ4v) is 4.90. The van der Waals surface area contributed by atoms with Crippen LogP contribution in [0, 0.1) is 5.82 Å². The molecule has 0 bridgehead atoms. The number of carbonyl (C=O) groups is 1. The lowest BCUT2D eigenvalue weighted by molar-refractivity contribution is -0.274. The highest BCUT2D eigenvalue weighted by molar-refractivity contribution is 6.29. The van der Waals surface area contributed by atoms with Gasteiger partial charge in [0, 0.05) is 49.9 Å². The molecule has 1 aliphatic rings. The number of hydrogen-bond donors (Lipinski definition) is 1. The molecule has 1 aliphatic heterocycles. The summed E-state index contributed by atoms with van der Waals surface area (Å²) >= 11 is 5.94. The highest BCUT2D eigenvalue weighted by Gasteiger charge is 2.32. The molecule has 1 amide bonds. The minimum absolute atomic E-state index is 0.199. The molecule has 0 saturated heterocycles. The number of nitrogens with one attached hydrogen (secondary N) is 1. The zero-order valence-corrected chi connectivity index (χ0v) is 21.3. The van der Waals surface area contributed by atoms with Gasteiger partial charge >= 0.3 is 12.4 Å².